The van der Waals surface area contributed by atoms with Crippen LogP contribution in [0.4, 0.5) is 11.4 Å². The molecule has 1 aromatic rings. The Bertz CT molecular complexity index is 535. The van der Waals surface area contributed by atoms with E-state index in [2.05, 4.69) is 40.9 Å². The number of benzene rings is 1. The van der Waals surface area contributed by atoms with Crippen molar-refractivity contribution in [1.29, 1.82) is 0 Å². The largest absolute Gasteiger partial charge is 0.466 e. The fourth-order valence-corrected chi connectivity index (χ4v) is 2.48. The molecule has 5 heteroatoms. The number of rotatable bonds is 5. The maximum atomic E-state index is 11.3. The number of hydrogen-bond acceptors (Lipinski definition) is 5. The lowest BCUT2D eigenvalue weighted by atomic mass is 10.1. The van der Waals surface area contributed by atoms with E-state index in [1.807, 2.05) is 6.07 Å². The molecule has 0 aliphatic carbocycles. The van der Waals surface area contributed by atoms with Crippen LogP contribution in [-0.4, -0.2) is 56.9 Å². The number of anilines is 1. The second kappa shape index (κ2) is 7.94. The van der Waals surface area contributed by atoms with Gasteiger partial charge in [-0.25, -0.2) is 0 Å². The number of hydrogen-bond donors (Lipinski definition) is 0. The van der Waals surface area contributed by atoms with Crippen molar-refractivity contribution in [2.24, 2.45) is 4.99 Å². The molecule has 0 radical (unpaired) electrons. The maximum Gasteiger partial charge on any atom is 0.311 e. The fraction of sp³-hybridized carbons (Fsp3) is 0.529. The summed E-state index contributed by atoms with van der Waals surface area (Å²) in [7, 11) is 2.16. The Morgan fingerprint density at radius 1 is 1.32 bits per heavy atom. The van der Waals surface area contributed by atoms with Crippen LogP contribution < -0.4 is 4.90 Å². The number of ether oxygens (including phenoxy) is 1. The maximum absolute atomic E-state index is 11.3. The van der Waals surface area contributed by atoms with E-state index in [0.29, 0.717) is 6.61 Å². The zero-order chi connectivity index (χ0) is 15.9. The van der Waals surface area contributed by atoms with Gasteiger partial charge >= 0.3 is 5.97 Å². The van der Waals surface area contributed by atoms with Gasteiger partial charge in [-0.2, -0.15) is 0 Å². The second-order valence-electron chi connectivity index (χ2n) is 5.58. The van der Waals surface area contributed by atoms with E-state index < -0.39 is 0 Å². The molecule has 0 spiro atoms. The van der Waals surface area contributed by atoms with Gasteiger partial charge in [0.15, 0.2) is 0 Å². The number of aryl methyl sites for hydroxylation is 1. The highest BCUT2D eigenvalue weighted by atomic mass is 16.5. The predicted molar refractivity (Wildman–Crippen MR) is 90.3 cm³/mol. The zero-order valence-electron chi connectivity index (χ0n) is 13.7. The first-order valence-electron chi connectivity index (χ1n) is 7.82. The molecule has 1 aromatic carbocycles. The third kappa shape index (κ3) is 4.56. The molecule has 1 heterocycles. The number of carbonyl (C=O) groups excluding carboxylic acids is 1. The minimum Gasteiger partial charge on any atom is -0.466 e. The lowest BCUT2D eigenvalue weighted by Gasteiger charge is -2.34. The van der Waals surface area contributed by atoms with E-state index in [-0.39, 0.29) is 12.4 Å². The predicted octanol–water partition coefficient (Wildman–Crippen LogP) is 2.40. The van der Waals surface area contributed by atoms with Gasteiger partial charge in [0, 0.05) is 38.1 Å². The van der Waals surface area contributed by atoms with Crippen molar-refractivity contribution < 1.29 is 9.53 Å². The van der Waals surface area contributed by atoms with Gasteiger partial charge in [-0.05, 0) is 44.7 Å². The quantitative estimate of drug-likeness (QED) is 0.619. The Morgan fingerprint density at radius 3 is 2.68 bits per heavy atom. The van der Waals surface area contributed by atoms with Crippen LogP contribution in [0, 0.1) is 6.92 Å². The fourth-order valence-electron chi connectivity index (χ4n) is 2.48. The minimum absolute atomic E-state index is 0.216. The van der Waals surface area contributed by atoms with E-state index in [1.54, 1.807) is 13.1 Å². The van der Waals surface area contributed by atoms with Crippen molar-refractivity contribution in [2.75, 3.05) is 44.7 Å². The molecule has 120 valence electrons. The molecule has 5 nitrogen and oxygen atoms in total. The number of likely N-dealkylation sites (N-methyl/N-ethyl adjacent to an activating group) is 1. The van der Waals surface area contributed by atoms with E-state index >= 15 is 0 Å². The summed E-state index contributed by atoms with van der Waals surface area (Å²) in [5.74, 6) is -0.238. The minimum atomic E-state index is -0.238. The average Bonchev–Trinajstić information content (AvgIpc) is 2.50. The molecule has 0 bridgehead atoms. The van der Waals surface area contributed by atoms with Crippen molar-refractivity contribution in [2.45, 2.75) is 20.3 Å². The SMILES string of the molecule is CCOC(=O)CC=Nc1ccc(N2CCN(C)CC2)cc1C. The van der Waals surface area contributed by atoms with Crippen LogP contribution in [0.15, 0.2) is 23.2 Å². The smallest absolute Gasteiger partial charge is 0.311 e. The average molecular weight is 303 g/mol. The first-order valence-corrected chi connectivity index (χ1v) is 7.82. The highest BCUT2D eigenvalue weighted by molar-refractivity contribution is 5.87. The van der Waals surface area contributed by atoms with E-state index in [4.69, 9.17) is 4.74 Å². The number of esters is 1. The lowest BCUT2D eigenvalue weighted by Crippen LogP contribution is -2.44. The van der Waals surface area contributed by atoms with Gasteiger partial charge in [0.2, 0.25) is 0 Å². The molecule has 1 fully saturated rings. The van der Waals surface area contributed by atoms with Crippen molar-refractivity contribution in [3.8, 4) is 0 Å². The van der Waals surface area contributed by atoms with Gasteiger partial charge < -0.3 is 14.5 Å². The van der Waals surface area contributed by atoms with Crippen molar-refractivity contribution in [3.05, 3.63) is 23.8 Å². The Balaban J connectivity index is 1.97. The number of nitrogens with zero attached hydrogens (tertiary/aromatic N) is 3. The number of piperazine rings is 1. The first kappa shape index (κ1) is 16.5. The van der Waals surface area contributed by atoms with Crippen LogP contribution in [0.3, 0.4) is 0 Å². The molecule has 0 saturated carbocycles. The normalized spacial score (nSPS) is 16.2. The van der Waals surface area contributed by atoms with Gasteiger partial charge in [-0.15, -0.1) is 0 Å². The molecule has 0 N–H and O–H groups in total. The summed E-state index contributed by atoms with van der Waals surface area (Å²) in [4.78, 5) is 20.4. The summed E-state index contributed by atoms with van der Waals surface area (Å²) in [5.41, 5.74) is 3.27. The number of aliphatic imine (C=N–C) groups is 1. The van der Waals surface area contributed by atoms with Gasteiger partial charge in [-0.3, -0.25) is 9.79 Å². The van der Waals surface area contributed by atoms with Gasteiger partial charge in [0.05, 0.1) is 18.7 Å². The molecule has 22 heavy (non-hydrogen) atoms. The molecule has 1 saturated heterocycles. The molecule has 1 aliphatic heterocycles. The second-order valence-corrected chi connectivity index (χ2v) is 5.58. The molecule has 1 aliphatic rings. The monoisotopic (exact) mass is 303 g/mol. The van der Waals surface area contributed by atoms with Crippen LogP contribution in [0.1, 0.15) is 18.9 Å². The molecular weight excluding hydrogens is 278 g/mol. The molecule has 0 atom stereocenters. The van der Waals surface area contributed by atoms with Crippen molar-refractivity contribution >= 4 is 23.6 Å². The topological polar surface area (TPSA) is 45.1 Å². The van der Waals surface area contributed by atoms with E-state index in [9.17, 15) is 4.79 Å². The van der Waals surface area contributed by atoms with Crippen molar-refractivity contribution in [3.63, 3.8) is 0 Å². The van der Waals surface area contributed by atoms with Crippen molar-refractivity contribution in [1.82, 2.24) is 4.90 Å². The van der Waals surface area contributed by atoms with Gasteiger partial charge in [0.1, 0.15) is 0 Å². The standard InChI is InChI=1S/C17H25N3O2/c1-4-22-17(21)7-8-18-16-6-5-15(13-14(16)2)20-11-9-19(3)10-12-20/h5-6,8,13H,4,7,9-12H2,1-3H3. The van der Waals surface area contributed by atoms with Gasteiger partial charge in [0.25, 0.3) is 0 Å². The first-order chi connectivity index (χ1) is 10.6. The Hall–Kier alpha value is -1.88. The zero-order valence-corrected chi connectivity index (χ0v) is 13.7. The molecule has 0 amide bonds. The van der Waals surface area contributed by atoms with Crippen LogP contribution in [0.25, 0.3) is 0 Å². The Labute approximate surface area is 132 Å². The van der Waals surface area contributed by atoms with Crippen LogP contribution in [0.2, 0.25) is 0 Å². The molecular formula is C17H25N3O2. The highest BCUT2D eigenvalue weighted by Gasteiger charge is 2.14. The van der Waals surface area contributed by atoms with E-state index in [0.717, 1.165) is 37.4 Å². The Kier molecular flexibility index (Phi) is 5.95. The van der Waals surface area contributed by atoms with E-state index in [1.165, 1.54) is 5.69 Å². The van der Waals surface area contributed by atoms with Gasteiger partial charge in [-0.1, -0.05) is 0 Å². The summed E-state index contributed by atoms with van der Waals surface area (Å²) >= 11 is 0. The lowest BCUT2D eigenvalue weighted by molar-refractivity contribution is -0.141. The van der Waals surface area contributed by atoms with Crippen LogP contribution >= 0.6 is 0 Å². The third-order valence-corrected chi connectivity index (χ3v) is 3.84. The summed E-state index contributed by atoms with van der Waals surface area (Å²) in [6, 6.07) is 6.29. The highest BCUT2D eigenvalue weighted by Crippen LogP contribution is 2.25. The summed E-state index contributed by atoms with van der Waals surface area (Å²) in [6.45, 7) is 8.57. The molecule has 2 rings (SSSR count). The Morgan fingerprint density at radius 2 is 2.05 bits per heavy atom. The third-order valence-electron chi connectivity index (χ3n) is 3.84. The van der Waals surface area contributed by atoms with Crippen LogP contribution in [0.5, 0.6) is 0 Å². The van der Waals surface area contributed by atoms with Crippen LogP contribution in [-0.2, 0) is 9.53 Å². The summed E-state index contributed by atoms with van der Waals surface area (Å²) in [6.07, 6.45) is 1.84. The summed E-state index contributed by atoms with van der Waals surface area (Å²) in [5, 5.41) is 0. The number of carbonyl (C=O) groups is 1. The molecule has 0 aromatic heterocycles. The summed E-state index contributed by atoms with van der Waals surface area (Å²) < 4.78 is 4.88. The molecule has 0 unspecified atom stereocenters.